The number of thioether (sulfide) groups is 1. The van der Waals surface area contributed by atoms with Crippen LogP contribution in [0.3, 0.4) is 0 Å². The van der Waals surface area contributed by atoms with Gasteiger partial charge in [0.05, 0.1) is 19.6 Å². The Balaban J connectivity index is 1.43. The summed E-state index contributed by atoms with van der Waals surface area (Å²) in [5.74, 6) is 2.84. The van der Waals surface area contributed by atoms with Crippen LogP contribution < -0.4 is 15.4 Å². The summed E-state index contributed by atoms with van der Waals surface area (Å²) in [6.45, 7) is 1.70. The molecule has 0 saturated carbocycles. The van der Waals surface area contributed by atoms with E-state index in [1.165, 1.54) is 0 Å². The van der Waals surface area contributed by atoms with Gasteiger partial charge in [-0.05, 0) is 35.4 Å². The Hall–Kier alpha value is -2.71. The second-order valence-electron chi connectivity index (χ2n) is 6.99. The fraction of sp³-hybridized carbons (Fsp3) is 0.364. The number of urea groups is 1. The lowest BCUT2D eigenvalue weighted by Gasteiger charge is -2.26. The quantitative estimate of drug-likeness (QED) is 0.630. The summed E-state index contributed by atoms with van der Waals surface area (Å²) >= 11 is 1.87. The third kappa shape index (κ3) is 6.40. The number of carbonyl (C=O) groups is 2. The van der Waals surface area contributed by atoms with Crippen molar-refractivity contribution >= 4 is 29.4 Å². The molecule has 1 heterocycles. The Kier molecular flexibility index (Phi) is 7.98. The molecule has 1 fully saturated rings. The van der Waals surface area contributed by atoms with Crippen LogP contribution in [0.1, 0.15) is 17.2 Å². The van der Waals surface area contributed by atoms with Crippen molar-refractivity contribution in [2.45, 2.75) is 12.5 Å². The van der Waals surface area contributed by atoms with E-state index in [9.17, 15) is 14.7 Å². The molecule has 160 valence electrons. The molecule has 1 atom stereocenters. The first-order chi connectivity index (χ1) is 14.5. The standard InChI is InChI=1S/C22H27N3O4S/c1-29-19-8-4-17(5-9-19)20(26)15-23-22(28)24-18-6-2-16(3-7-18)14-21(27)25-10-12-30-13-11-25/h2-9,20,26H,10-15H2,1H3,(H2,23,24,28). The Bertz CT molecular complexity index is 836. The van der Waals surface area contributed by atoms with E-state index in [1.54, 1.807) is 43.5 Å². The highest BCUT2D eigenvalue weighted by atomic mass is 32.2. The number of aliphatic hydroxyl groups excluding tert-OH is 1. The van der Waals surface area contributed by atoms with Crippen LogP contribution in [0.5, 0.6) is 5.75 Å². The molecule has 0 aliphatic carbocycles. The molecule has 3 N–H and O–H groups in total. The van der Waals surface area contributed by atoms with Gasteiger partial charge in [0.2, 0.25) is 5.91 Å². The molecule has 1 unspecified atom stereocenters. The minimum atomic E-state index is -0.816. The molecule has 3 rings (SSSR count). The summed E-state index contributed by atoms with van der Waals surface area (Å²) in [6, 6.07) is 13.9. The number of methoxy groups -OCH3 is 1. The monoisotopic (exact) mass is 429 g/mol. The summed E-state index contributed by atoms with van der Waals surface area (Å²) in [5, 5.41) is 15.6. The van der Waals surface area contributed by atoms with Crippen molar-refractivity contribution < 1.29 is 19.4 Å². The van der Waals surface area contributed by atoms with Gasteiger partial charge in [0.25, 0.3) is 0 Å². The highest BCUT2D eigenvalue weighted by molar-refractivity contribution is 7.99. The lowest BCUT2D eigenvalue weighted by Crippen LogP contribution is -2.38. The topological polar surface area (TPSA) is 90.9 Å². The van der Waals surface area contributed by atoms with Gasteiger partial charge < -0.3 is 25.4 Å². The van der Waals surface area contributed by atoms with Crippen LogP contribution in [0.15, 0.2) is 48.5 Å². The number of aliphatic hydroxyl groups is 1. The molecule has 0 spiro atoms. The van der Waals surface area contributed by atoms with E-state index >= 15 is 0 Å². The van der Waals surface area contributed by atoms with Crippen LogP contribution >= 0.6 is 11.8 Å². The third-order valence-corrected chi connectivity index (χ3v) is 5.83. The van der Waals surface area contributed by atoms with Crippen molar-refractivity contribution in [3.63, 3.8) is 0 Å². The van der Waals surface area contributed by atoms with Crippen LogP contribution in [0, 0.1) is 0 Å². The average molecular weight is 430 g/mol. The number of rotatable bonds is 7. The second kappa shape index (κ2) is 10.9. The number of carbonyl (C=O) groups excluding carboxylic acids is 2. The Morgan fingerprint density at radius 1 is 1.10 bits per heavy atom. The fourth-order valence-corrected chi connectivity index (χ4v) is 4.02. The number of anilines is 1. The molecule has 0 aromatic heterocycles. The molecule has 1 aliphatic rings. The number of hydrogen-bond donors (Lipinski definition) is 3. The maximum absolute atomic E-state index is 12.3. The Morgan fingerprint density at radius 3 is 2.40 bits per heavy atom. The molecule has 2 aromatic rings. The van der Waals surface area contributed by atoms with Gasteiger partial charge in [0, 0.05) is 36.8 Å². The lowest BCUT2D eigenvalue weighted by atomic mass is 10.1. The number of hydrogen-bond acceptors (Lipinski definition) is 5. The molecule has 0 bridgehead atoms. The van der Waals surface area contributed by atoms with Crippen LogP contribution in [-0.4, -0.2) is 60.2 Å². The largest absolute Gasteiger partial charge is 0.497 e. The molecular formula is C22H27N3O4S. The van der Waals surface area contributed by atoms with Gasteiger partial charge in [-0.15, -0.1) is 0 Å². The maximum Gasteiger partial charge on any atom is 0.319 e. The average Bonchev–Trinajstić information content (AvgIpc) is 2.79. The first-order valence-electron chi connectivity index (χ1n) is 9.86. The maximum atomic E-state index is 12.3. The number of benzene rings is 2. The summed E-state index contributed by atoms with van der Waals surface area (Å²) in [6.07, 6.45) is -0.450. The van der Waals surface area contributed by atoms with Crippen molar-refractivity contribution in [2.24, 2.45) is 0 Å². The van der Waals surface area contributed by atoms with Gasteiger partial charge in [0.15, 0.2) is 0 Å². The SMILES string of the molecule is COc1ccc(C(O)CNC(=O)Nc2ccc(CC(=O)N3CCSCC3)cc2)cc1. The number of nitrogens with one attached hydrogen (secondary N) is 2. The first-order valence-corrected chi connectivity index (χ1v) is 11.0. The molecule has 3 amide bonds. The minimum Gasteiger partial charge on any atom is -0.497 e. The molecular weight excluding hydrogens is 402 g/mol. The van der Waals surface area contributed by atoms with E-state index in [0.717, 1.165) is 30.2 Å². The normalized spacial score (nSPS) is 14.7. The van der Waals surface area contributed by atoms with Crippen molar-refractivity contribution in [3.8, 4) is 5.75 Å². The number of nitrogens with zero attached hydrogens (tertiary/aromatic N) is 1. The van der Waals surface area contributed by atoms with Crippen molar-refractivity contribution in [1.29, 1.82) is 0 Å². The molecule has 8 heteroatoms. The zero-order chi connectivity index (χ0) is 21.3. The van der Waals surface area contributed by atoms with Crippen molar-refractivity contribution in [1.82, 2.24) is 10.2 Å². The van der Waals surface area contributed by atoms with E-state index in [0.29, 0.717) is 23.4 Å². The predicted octanol–water partition coefficient (Wildman–Crippen LogP) is 2.67. The van der Waals surface area contributed by atoms with Gasteiger partial charge in [0.1, 0.15) is 5.75 Å². The van der Waals surface area contributed by atoms with E-state index in [-0.39, 0.29) is 12.5 Å². The molecule has 1 aliphatic heterocycles. The van der Waals surface area contributed by atoms with Crippen LogP contribution in [-0.2, 0) is 11.2 Å². The molecule has 1 saturated heterocycles. The zero-order valence-corrected chi connectivity index (χ0v) is 17.8. The summed E-state index contributed by atoms with van der Waals surface area (Å²) in [5.41, 5.74) is 2.23. The van der Waals surface area contributed by atoms with Crippen LogP contribution in [0.2, 0.25) is 0 Å². The molecule has 7 nitrogen and oxygen atoms in total. The highest BCUT2D eigenvalue weighted by Gasteiger charge is 2.17. The van der Waals surface area contributed by atoms with Gasteiger partial charge in [-0.3, -0.25) is 4.79 Å². The van der Waals surface area contributed by atoms with Gasteiger partial charge in [-0.2, -0.15) is 11.8 Å². The van der Waals surface area contributed by atoms with Gasteiger partial charge in [-0.1, -0.05) is 24.3 Å². The highest BCUT2D eigenvalue weighted by Crippen LogP contribution is 2.17. The van der Waals surface area contributed by atoms with Gasteiger partial charge in [-0.25, -0.2) is 4.79 Å². The molecule has 0 radical (unpaired) electrons. The summed E-state index contributed by atoms with van der Waals surface area (Å²) in [7, 11) is 1.58. The van der Waals surface area contributed by atoms with Crippen LogP contribution in [0.4, 0.5) is 10.5 Å². The van der Waals surface area contributed by atoms with Crippen molar-refractivity contribution in [3.05, 3.63) is 59.7 Å². The third-order valence-electron chi connectivity index (χ3n) is 4.89. The predicted molar refractivity (Wildman–Crippen MR) is 119 cm³/mol. The minimum absolute atomic E-state index is 0.0822. The fourth-order valence-electron chi connectivity index (χ4n) is 3.11. The van der Waals surface area contributed by atoms with E-state index in [4.69, 9.17) is 4.74 Å². The lowest BCUT2D eigenvalue weighted by molar-refractivity contribution is -0.130. The summed E-state index contributed by atoms with van der Waals surface area (Å²) in [4.78, 5) is 26.3. The smallest absolute Gasteiger partial charge is 0.319 e. The Morgan fingerprint density at radius 2 is 1.77 bits per heavy atom. The summed E-state index contributed by atoms with van der Waals surface area (Å²) < 4.78 is 5.09. The molecule has 2 aromatic carbocycles. The Labute approximate surface area is 180 Å². The van der Waals surface area contributed by atoms with E-state index in [1.807, 2.05) is 28.8 Å². The number of amides is 3. The number of ether oxygens (including phenoxy) is 1. The molecule has 30 heavy (non-hydrogen) atoms. The second-order valence-corrected chi connectivity index (χ2v) is 8.22. The zero-order valence-electron chi connectivity index (χ0n) is 17.0. The van der Waals surface area contributed by atoms with E-state index in [2.05, 4.69) is 10.6 Å². The van der Waals surface area contributed by atoms with Crippen molar-refractivity contribution in [2.75, 3.05) is 43.6 Å². The van der Waals surface area contributed by atoms with Gasteiger partial charge >= 0.3 is 6.03 Å². The van der Waals surface area contributed by atoms with E-state index < -0.39 is 12.1 Å². The van der Waals surface area contributed by atoms with Crippen LogP contribution in [0.25, 0.3) is 0 Å². The first kappa shape index (κ1) is 22.0.